The second-order valence-electron chi connectivity index (χ2n) is 3.76. The Balaban J connectivity index is 2.78. The van der Waals surface area contributed by atoms with Crippen molar-refractivity contribution in [2.75, 3.05) is 5.32 Å². The lowest BCUT2D eigenvalue weighted by Crippen LogP contribution is -2.23. The number of nitrogens with one attached hydrogen (secondary N) is 1. The molecule has 0 saturated carbocycles. The van der Waals surface area contributed by atoms with Crippen LogP contribution in [0.3, 0.4) is 0 Å². The number of aromatic nitrogens is 1. The number of pyridine rings is 1. The van der Waals surface area contributed by atoms with Crippen molar-refractivity contribution in [2.24, 2.45) is 0 Å². The van der Waals surface area contributed by atoms with Crippen LogP contribution in [0, 0.1) is 11.3 Å². The highest BCUT2D eigenvalue weighted by molar-refractivity contribution is 5.68. The summed E-state index contributed by atoms with van der Waals surface area (Å²) in [6, 6.07) is 3.48. The van der Waals surface area contributed by atoms with Crippen molar-refractivity contribution in [3.05, 3.63) is 24.0 Å². The Hall–Kier alpha value is -2.09. The lowest BCUT2D eigenvalue weighted by atomic mass is 10.1. The second kappa shape index (κ2) is 6.48. The summed E-state index contributed by atoms with van der Waals surface area (Å²) in [5.74, 6) is -0.849. The van der Waals surface area contributed by atoms with E-state index in [0.717, 1.165) is 12.8 Å². The predicted molar refractivity (Wildman–Crippen MR) is 63.5 cm³/mol. The van der Waals surface area contributed by atoms with Crippen LogP contribution in [0.4, 0.5) is 5.69 Å². The number of nitrogens with zero attached hydrogens (tertiary/aromatic N) is 2. The molecular formula is C12H15N3O2. The van der Waals surface area contributed by atoms with Crippen molar-refractivity contribution in [3.8, 4) is 6.07 Å². The third kappa shape index (κ3) is 4.11. The van der Waals surface area contributed by atoms with Crippen molar-refractivity contribution < 1.29 is 9.90 Å². The molecule has 0 radical (unpaired) electrons. The van der Waals surface area contributed by atoms with E-state index in [1.165, 1.54) is 6.20 Å². The topological polar surface area (TPSA) is 86.0 Å². The Kier molecular flexibility index (Phi) is 4.95. The Morgan fingerprint density at radius 3 is 3.06 bits per heavy atom. The summed E-state index contributed by atoms with van der Waals surface area (Å²) in [6.07, 6.45) is 4.74. The van der Waals surface area contributed by atoms with Crippen molar-refractivity contribution in [2.45, 2.75) is 32.2 Å². The molecule has 1 heterocycles. The standard InChI is InChI=1S/C12H15N3O2/c1-2-3-10(6-12(16)17)15-11-8-14-5-4-9(11)7-13/h4-5,8,10,15H,2-3,6H2,1H3,(H,16,17). The van der Waals surface area contributed by atoms with Gasteiger partial charge in [0.05, 0.1) is 23.9 Å². The molecule has 1 rings (SSSR count). The molecule has 0 aliphatic heterocycles. The van der Waals surface area contributed by atoms with E-state index in [1.54, 1.807) is 12.3 Å². The maximum Gasteiger partial charge on any atom is 0.305 e. The number of aliphatic carboxylic acids is 1. The van der Waals surface area contributed by atoms with Gasteiger partial charge < -0.3 is 10.4 Å². The van der Waals surface area contributed by atoms with Gasteiger partial charge in [-0.25, -0.2) is 0 Å². The molecule has 0 aromatic carbocycles. The normalized spacial score (nSPS) is 11.5. The summed E-state index contributed by atoms with van der Waals surface area (Å²) in [5.41, 5.74) is 1.07. The molecular weight excluding hydrogens is 218 g/mol. The summed E-state index contributed by atoms with van der Waals surface area (Å²) in [5, 5.41) is 20.8. The average Bonchev–Trinajstić information content (AvgIpc) is 2.29. The predicted octanol–water partition coefficient (Wildman–Crippen LogP) is 2.01. The molecule has 0 fully saturated rings. The van der Waals surface area contributed by atoms with Gasteiger partial charge >= 0.3 is 5.97 Å². The highest BCUT2D eigenvalue weighted by Crippen LogP contribution is 2.16. The van der Waals surface area contributed by atoms with Crippen molar-refractivity contribution in [1.29, 1.82) is 5.26 Å². The molecule has 0 spiro atoms. The van der Waals surface area contributed by atoms with Gasteiger partial charge in [0.2, 0.25) is 0 Å². The number of anilines is 1. The van der Waals surface area contributed by atoms with Gasteiger partial charge in [0.15, 0.2) is 0 Å². The summed E-state index contributed by atoms with van der Waals surface area (Å²) < 4.78 is 0. The van der Waals surface area contributed by atoms with Crippen LogP contribution in [0.1, 0.15) is 31.7 Å². The van der Waals surface area contributed by atoms with Gasteiger partial charge in [-0.05, 0) is 12.5 Å². The third-order valence-electron chi connectivity index (χ3n) is 2.36. The molecule has 1 atom stereocenters. The Morgan fingerprint density at radius 1 is 1.71 bits per heavy atom. The van der Waals surface area contributed by atoms with Crippen LogP contribution in [0.2, 0.25) is 0 Å². The maximum absolute atomic E-state index is 10.7. The van der Waals surface area contributed by atoms with E-state index in [2.05, 4.69) is 10.3 Å². The van der Waals surface area contributed by atoms with Gasteiger partial charge in [0, 0.05) is 12.2 Å². The van der Waals surface area contributed by atoms with Gasteiger partial charge in [-0.3, -0.25) is 9.78 Å². The molecule has 1 aromatic rings. The first-order valence-corrected chi connectivity index (χ1v) is 5.49. The minimum Gasteiger partial charge on any atom is -0.481 e. The van der Waals surface area contributed by atoms with E-state index in [-0.39, 0.29) is 12.5 Å². The van der Waals surface area contributed by atoms with E-state index in [9.17, 15) is 4.79 Å². The maximum atomic E-state index is 10.7. The largest absolute Gasteiger partial charge is 0.481 e. The van der Waals surface area contributed by atoms with E-state index in [0.29, 0.717) is 11.3 Å². The minimum atomic E-state index is -0.849. The summed E-state index contributed by atoms with van der Waals surface area (Å²) >= 11 is 0. The van der Waals surface area contributed by atoms with E-state index in [4.69, 9.17) is 10.4 Å². The Labute approximate surface area is 100 Å². The van der Waals surface area contributed by atoms with Crippen LogP contribution in [0.5, 0.6) is 0 Å². The molecule has 2 N–H and O–H groups in total. The summed E-state index contributed by atoms with van der Waals surface area (Å²) in [7, 11) is 0. The van der Waals surface area contributed by atoms with E-state index in [1.807, 2.05) is 13.0 Å². The van der Waals surface area contributed by atoms with Crippen LogP contribution in [-0.4, -0.2) is 22.1 Å². The van der Waals surface area contributed by atoms with Crippen molar-refractivity contribution in [1.82, 2.24) is 4.98 Å². The molecule has 5 nitrogen and oxygen atoms in total. The Morgan fingerprint density at radius 2 is 2.47 bits per heavy atom. The lowest BCUT2D eigenvalue weighted by molar-refractivity contribution is -0.137. The van der Waals surface area contributed by atoms with E-state index < -0.39 is 5.97 Å². The summed E-state index contributed by atoms with van der Waals surface area (Å²) in [6.45, 7) is 1.99. The molecule has 0 aliphatic carbocycles. The fourth-order valence-electron chi connectivity index (χ4n) is 1.61. The van der Waals surface area contributed by atoms with Crippen LogP contribution in [-0.2, 0) is 4.79 Å². The number of hydrogen-bond donors (Lipinski definition) is 2. The number of hydrogen-bond acceptors (Lipinski definition) is 4. The molecule has 0 bridgehead atoms. The highest BCUT2D eigenvalue weighted by Gasteiger charge is 2.13. The van der Waals surface area contributed by atoms with Gasteiger partial charge in [0.25, 0.3) is 0 Å². The quantitative estimate of drug-likeness (QED) is 0.784. The molecule has 0 aliphatic rings. The SMILES string of the molecule is CCCC(CC(=O)O)Nc1cnccc1C#N. The minimum absolute atomic E-state index is 0.0353. The van der Waals surface area contributed by atoms with Crippen LogP contribution < -0.4 is 5.32 Å². The summed E-state index contributed by atoms with van der Waals surface area (Å²) in [4.78, 5) is 14.6. The fraction of sp³-hybridized carbons (Fsp3) is 0.417. The van der Waals surface area contributed by atoms with Crippen LogP contribution in [0.25, 0.3) is 0 Å². The van der Waals surface area contributed by atoms with Gasteiger partial charge in [-0.2, -0.15) is 5.26 Å². The van der Waals surface area contributed by atoms with Crippen LogP contribution >= 0.6 is 0 Å². The zero-order valence-corrected chi connectivity index (χ0v) is 9.68. The fourth-order valence-corrected chi connectivity index (χ4v) is 1.61. The number of nitriles is 1. The van der Waals surface area contributed by atoms with Crippen molar-refractivity contribution in [3.63, 3.8) is 0 Å². The molecule has 5 heteroatoms. The second-order valence-corrected chi connectivity index (χ2v) is 3.76. The monoisotopic (exact) mass is 233 g/mol. The first kappa shape index (κ1) is 13.0. The third-order valence-corrected chi connectivity index (χ3v) is 2.36. The number of rotatable bonds is 6. The molecule has 90 valence electrons. The number of carboxylic acid groups (broad SMARTS) is 1. The van der Waals surface area contributed by atoms with Gasteiger partial charge in [-0.1, -0.05) is 13.3 Å². The van der Waals surface area contributed by atoms with Gasteiger partial charge in [-0.15, -0.1) is 0 Å². The first-order chi connectivity index (χ1) is 8.17. The van der Waals surface area contributed by atoms with Crippen molar-refractivity contribution >= 4 is 11.7 Å². The smallest absolute Gasteiger partial charge is 0.305 e. The average molecular weight is 233 g/mol. The highest BCUT2D eigenvalue weighted by atomic mass is 16.4. The molecule has 1 unspecified atom stereocenters. The molecule has 17 heavy (non-hydrogen) atoms. The number of carbonyl (C=O) groups is 1. The molecule has 1 aromatic heterocycles. The molecule has 0 saturated heterocycles. The van der Waals surface area contributed by atoms with Crippen LogP contribution in [0.15, 0.2) is 18.5 Å². The van der Waals surface area contributed by atoms with Gasteiger partial charge in [0.1, 0.15) is 6.07 Å². The Bertz CT molecular complexity index is 426. The zero-order chi connectivity index (χ0) is 12.7. The zero-order valence-electron chi connectivity index (χ0n) is 9.68. The number of carboxylic acids is 1. The first-order valence-electron chi connectivity index (χ1n) is 5.49. The lowest BCUT2D eigenvalue weighted by Gasteiger charge is -2.17. The molecule has 0 amide bonds. The van der Waals surface area contributed by atoms with E-state index >= 15 is 0 Å².